The highest BCUT2D eigenvalue weighted by Crippen LogP contribution is 2.24. The number of hydrogen-bond donors (Lipinski definition) is 1. The molecule has 25 heavy (non-hydrogen) atoms. The summed E-state index contributed by atoms with van der Waals surface area (Å²) >= 11 is 0. The Morgan fingerprint density at radius 1 is 1.36 bits per heavy atom. The van der Waals surface area contributed by atoms with Gasteiger partial charge >= 0.3 is 0 Å². The summed E-state index contributed by atoms with van der Waals surface area (Å²) in [6.07, 6.45) is 2.28. The van der Waals surface area contributed by atoms with E-state index < -0.39 is 6.43 Å². The fraction of sp³-hybridized carbons (Fsp3) is 0.158. The van der Waals surface area contributed by atoms with Gasteiger partial charge in [0.05, 0.1) is 11.9 Å². The molecule has 0 spiro atoms. The Balaban J connectivity index is 1.89. The van der Waals surface area contributed by atoms with E-state index in [2.05, 4.69) is 16.9 Å². The van der Waals surface area contributed by atoms with Crippen LogP contribution >= 0.6 is 0 Å². The summed E-state index contributed by atoms with van der Waals surface area (Å²) < 4.78 is 27.2. The van der Waals surface area contributed by atoms with Crippen LogP contribution in [0.25, 0.3) is 11.0 Å². The largest absolute Gasteiger partial charge is 0.328 e. The minimum atomic E-state index is -2.46. The molecule has 3 rings (SSSR count). The topological polar surface area (TPSA) is 46.9 Å². The molecule has 0 saturated carbocycles. The third kappa shape index (κ3) is 3.57. The number of hydrogen-bond acceptors (Lipinski definition) is 2. The number of carbonyl (C=O) groups excluding carboxylic acids is 1. The van der Waals surface area contributed by atoms with Gasteiger partial charge in [-0.2, -0.15) is 0 Å². The van der Waals surface area contributed by atoms with Crippen LogP contribution in [0.3, 0.4) is 0 Å². The van der Waals surface area contributed by atoms with Gasteiger partial charge in [-0.15, -0.1) is 0 Å². The monoisotopic (exact) mass is 341 g/mol. The maximum atomic E-state index is 12.6. The van der Waals surface area contributed by atoms with Crippen molar-refractivity contribution >= 4 is 22.6 Å². The number of aryl methyl sites for hydroxylation is 1. The van der Waals surface area contributed by atoms with Crippen molar-refractivity contribution in [2.75, 3.05) is 5.32 Å². The Hall–Kier alpha value is -3.02. The quantitative estimate of drug-likeness (QED) is 0.697. The summed E-state index contributed by atoms with van der Waals surface area (Å²) in [5.41, 5.74) is 3.30. The predicted molar refractivity (Wildman–Crippen MR) is 93.8 cm³/mol. The second kappa shape index (κ2) is 6.84. The fourth-order valence-electron chi connectivity index (χ4n) is 2.69. The molecule has 3 aromatic rings. The van der Waals surface area contributed by atoms with Crippen LogP contribution in [0.4, 0.5) is 14.5 Å². The zero-order chi connectivity index (χ0) is 18.0. The van der Waals surface area contributed by atoms with Gasteiger partial charge < -0.3 is 9.88 Å². The first-order valence-electron chi connectivity index (χ1n) is 7.74. The summed E-state index contributed by atoms with van der Waals surface area (Å²) in [5.74, 6) is -0.294. The van der Waals surface area contributed by atoms with Gasteiger partial charge in [0.2, 0.25) is 5.91 Å². The number of carbonyl (C=O) groups is 1. The van der Waals surface area contributed by atoms with Gasteiger partial charge in [-0.1, -0.05) is 30.8 Å². The SMILES string of the molecule is C=CC(=O)Nc1cnc2c(c1)c(C)cn2Cc1ccc(C(F)F)cc1. The standard InChI is InChI=1S/C19H17F2N3O/c1-3-17(25)23-15-8-16-12(2)10-24(19(16)22-9-15)11-13-4-6-14(7-5-13)18(20)21/h3-10,18H,1,11H2,2H3,(H,23,25). The van der Waals surface area contributed by atoms with Crippen LogP contribution in [0.5, 0.6) is 0 Å². The number of rotatable bonds is 5. The summed E-state index contributed by atoms with van der Waals surface area (Å²) in [7, 11) is 0. The van der Waals surface area contributed by atoms with Crippen LogP contribution < -0.4 is 5.32 Å². The Morgan fingerprint density at radius 3 is 2.72 bits per heavy atom. The van der Waals surface area contributed by atoms with Gasteiger partial charge in [-0.3, -0.25) is 4.79 Å². The molecule has 2 heterocycles. The van der Waals surface area contributed by atoms with Crippen molar-refractivity contribution in [1.29, 1.82) is 0 Å². The van der Waals surface area contributed by atoms with Gasteiger partial charge in [-0.25, -0.2) is 13.8 Å². The molecule has 6 heteroatoms. The smallest absolute Gasteiger partial charge is 0.263 e. The van der Waals surface area contributed by atoms with Crippen molar-refractivity contribution in [3.63, 3.8) is 0 Å². The normalized spacial score (nSPS) is 11.0. The highest BCUT2D eigenvalue weighted by molar-refractivity contribution is 6.00. The van der Waals surface area contributed by atoms with E-state index in [0.29, 0.717) is 12.2 Å². The first-order chi connectivity index (χ1) is 12.0. The molecule has 0 aliphatic carbocycles. The molecule has 0 radical (unpaired) electrons. The number of aromatic nitrogens is 2. The molecule has 1 N–H and O–H groups in total. The molecule has 4 nitrogen and oxygen atoms in total. The van der Waals surface area contributed by atoms with E-state index in [9.17, 15) is 13.6 Å². The van der Waals surface area contributed by atoms with Crippen LogP contribution in [0.15, 0.2) is 55.4 Å². The van der Waals surface area contributed by atoms with Crippen LogP contribution in [0, 0.1) is 6.92 Å². The van der Waals surface area contributed by atoms with E-state index in [1.807, 2.05) is 23.8 Å². The summed E-state index contributed by atoms with van der Waals surface area (Å²) in [6, 6.07) is 8.13. The third-order valence-corrected chi connectivity index (χ3v) is 3.95. The van der Waals surface area contributed by atoms with Crippen LogP contribution in [0.2, 0.25) is 0 Å². The number of benzene rings is 1. The lowest BCUT2D eigenvalue weighted by atomic mass is 10.1. The van der Waals surface area contributed by atoms with Crippen molar-refractivity contribution in [2.45, 2.75) is 19.9 Å². The number of pyridine rings is 1. The first kappa shape index (κ1) is 16.8. The Kier molecular flexibility index (Phi) is 4.61. The highest BCUT2D eigenvalue weighted by Gasteiger charge is 2.10. The van der Waals surface area contributed by atoms with Crippen LogP contribution in [-0.4, -0.2) is 15.5 Å². The molecule has 128 valence electrons. The molecule has 0 unspecified atom stereocenters. The fourth-order valence-corrected chi connectivity index (χ4v) is 2.69. The van der Waals surface area contributed by atoms with E-state index in [1.54, 1.807) is 18.3 Å². The lowest BCUT2D eigenvalue weighted by Crippen LogP contribution is -2.07. The average molecular weight is 341 g/mol. The lowest BCUT2D eigenvalue weighted by Gasteiger charge is -2.07. The average Bonchev–Trinajstić information content (AvgIpc) is 2.90. The number of nitrogens with one attached hydrogen (secondary N) is 1. The van der Waals surface area contributed by atoms with Gasteiger partial charge in [0.15, 0.2) is 0 Å². The highest BCUT2D eigenvalue weighted by atomic mass is 19.3. The van der Waals surface area contributed by atoms with E-state index in [0.717, 1.165) is 22.2 Å². The van der Waals surface area contributed by atoms with E-state index in [-0.39, 0.29) is 11.5 Å². The second-order valence-electron chi connectivity index (χ2n) is 5.77. The molecular weight excluding hydrogens is 324 g/mol. The van der Waals surface area contributed by atoms with E-state index >= 15 is 0 Å². The Morgan fingerprint density at radius 2 is 2.08 bits per heavy atom. The van der Waals surface area contributed by atoms with Gasteiger partial charge in [-0.05, 0) is 30.2 Å². The molecule has 0 fully saturated rings. The summed E-state index contributed by atoms with van der Waals surface area (Å²) in [4.78, 5) is 15.8. The van der Waals surface area contributed by atoms with Crippen LogP contribution in [0.1, 0.15) is 23.1 Å². The van der Waals surface area contributed by atoms with Gasteiger partial charge in [0.1, 0.15) is 5.65 Å². The van der Waals surface area contributed by atoms with Crippen molar-refractivity contribution in [3.05, 3.63) is 72.1 Å². The molecule has 1 aromatic carbocycles. The Bertz CT molecular complexity index is 930. The number of alkyl halides is 2. The molecule has 0 aliphatic rings. The molecule has 0 atom stereocenters. The van der Waals surface area contributed by atoms with Crippen molar-refractivity contribution in [1.82, 2.24) is 9.55 Å². The van der Waals surface area contributed by atoms with Crippen molar-refractivity contribution < 1.29 is 13.6 Å². The predicted octanol–water partition coefficient (Wildman–Crippen LogP) is 4.46. The molecular formula is C19H17F2N3O. The first-order valence-corrected chi connectivity index (χ1v) is 7.74. The van der Waals surface area contributed by atoms with Crippen molar-refractivity contribution in [3.8, 4) is 0 Å². The maximum Gasteiger partial charge on any atom is 0.263 e. The molecule has 0 aliphatic heterocycles. The lowest BCUT2D eigenvalue weighted by molar-refractivity contribution is -0.111. The van der Waals surface area contributed by atoms with Gasteiger partial charge in [0, 0.05) is 23.7 Å². The Labute approximate surface area is 143 Å². The zero-order valence-electron chi connectivity index (χ0n) is 13.7. The maximum absolute atomic E-state index is 12.6. The minimum Gasteiger partial charge on any atom is -0.328 e. The molecule has 1 amide bonds. The number of halogens is 2. The summed E-state index contributed by atoms with van der Waals surface area (Å²) in [6.45, 7) is 5.91. The van der Waals surface area contributed by atoms with E-state index in [4.69, 9.17) is 0 Å². The second-order valence-corrected chi connectivity index (χ2v) is 5.77. The zero-order valence-corrected chi connectivity index (χ0v) is 13.7. The minimum absolute atomic E-state index is 0.0121. The molecule has 0 bridgehead atoms. The molecule has 2 aromatic heterocycles. The molecule has 0 saturated heterocycles. The van der Waals surface area contributed by atoms with Crippen LogP contribution in [-0.2, 0) is 11.3 Å². The van der Waals surface area contributed by atoms with Gasteiger partial charge in [0.25, 0.3) is 6.43 Å². The number of nitrogens with zero attached hydrogens (tertiary/aromatic N) is 2. The van der Waals surface area contributed by atoms with Crippen molar-refractivity contribution in [2.24, 2.45) is 0 Å². The number of amides is 1. The summed E-state index contributed by atoms with van der Waals surface area (Å²) in [5, 5.41) is 3.61. The number of anilines is 1. The third-order valence-electron chi connectivity index (χ3n) is 3.95. The van der Waals surface area contributed by atoms with E-state index in [1.165, 1.54) is 18.2 Å². The number of fused-ring (bicyclic) bond motifs is 1.